The van der Waals surface area contributed by atoms with Gasteiger partial charge in [-0.3, -0.25) is 4.55 Å². The molecule has 1 aromatic rings. The molecule has 0 radical (unpaired) electrons. The molecule has 5 nitrogen and oxygen atoms in total. The van der Waals surface area contributed by atoms with Crippen molar-refractivity contribution < 1.29 is 13.0 Å². The zero-order valence-electron chi connectivity index (χ0n) is 7.01. The fourth-order valence-corrected chi connectivity index (χ4v) is 1.28. The van der Waals surface area contributed by atoms with Crippen LogP contribution in [0, 0.1) is 6.92 Å². The summed E-state index contributed by atoms with van der Waals surface area (Å²) in [6, 6.07) is 6.48. The molecule has 0 bridgehead atoms. The highest BCUT2D eigenvalue weighted by Crippen LogP contribution is 2.14. The predicted molar refractivity (Wildman–Crippen MR) is 49.4 cm³/mol. The summed E-state index contributed by atoms with van der Waals surface area (Å²) in [7, 11) is -4.36. The zero-order valence-corrected chi connectivity index (χ0v) is 7.82. The van der Waals surface area contributed by atoms with Gasteiger partial charge in [0, 0.05) is 0 Å². The van der Waals surface area contributed by atoms with E-state index in [9.17, 15) is 8.42 Å². The van der Waals surface area contributed by atoms with E-state index in [0.29, 0.717) is 4.41 Å². The van der Waals surface area contributed by atoms with Crippen molar-refractivity contribution in [2.45, 2.75) is 6.92 Å². The molecule has 0 amide bonds. The molecule has 0 saturated heterocycles. The first-order valence-electron chi connectivity index (χ1n) is 3.50. The Hall–Kier alpha value is -1.11. The largest absolute Gasteiger partial charge is 0.373 e. The Morgan fingerprint density at radius 3 is 2.54 bits per heavy atom. The minimum absolute atomic E-state index is 0.225. The van der Waals surface area contributed by atoms with Crippen molar-refractivity contribution >= 4 is 16.0 Å². The lowest BCUT2D eigenvalue weighted by Crippen LogP contribution is -2.36. The summed E-state index contributed by atoms with van der Waals surface area (Å²) in [6.07, 6.45) is 0. The fourth-order valence-electron chi connectivity index (χ4n) is 0.898. The van der Waals surface area contributed by atoms with Crippen LogP contribution in [-0.4, -0.2) is 13.0 Å². The van der Waals surface area contributed by atoms with Crippen molar-refractivity contribution in [3.63, 3.8) is 0 Å². The minimum Gasteiger partial charge on any atom is -0.268 e. The molecular weight excluding hydrogens is 192 g/mol. The van der Waals surface area contributed by atoms with Gasteiger partial charge in [-0.1, -0.05) is 12.1 Å². The minimum atomic E-state index is -4.36. The number of aryl methyl sites for hydroxylation is 1. The molecular formula is C7H10N2O3S. The third-order valence-corrected chi connectivity index (χ3v) is 2.21. The van der Waals surface area contributed by atoms with E-state index in [2.05, 4.69) is 0 Å². The van der Waals surface area contributed by atoms with Gasteiger partial charge >= 0.3 is 10.3 Å². The van der Waals surface area contributed by atoms with Crippen molar-refractivity contribution in [1.29, 1.82) is 0 Å². The number of hydrazine groups is 1. The molecule has 0 heterocycles. The Balaban J connectivity index is 3.10. The van der Waals surface area contributed by atoms with Crippen LogP contribution in [0.25, 0.3) is 0 Å². The molecule has 1 rings (SSSR count). The molecule has 0 fully saturated rings. The Kier molecular flexibility index (Phi) is 2.55. The first kappa shape index (κ1) is 9.97. The van der Waals surface area contributed by atoms with Crippen molar-refractivity contribution in [2.24, 2.45) is 5.84 Å². The Morgan fingerprint density at radius 2 is 2.08 bits per heavy atom. The lowest BCUT2D eigenvalue weighted by atomic mass is 10.2. The smallest absolute Gasteiger partial charge is 0.268 e. The molecule has 0 spiro atoms. The molecule has 0 aliphatic rings. The second kappa shape index (κ2) is 3.33. The molecule has 6 heteroatoms. The Morgan fingerprint density at radius 1 is 1.46 bits per heavy atom. The average molecular weight is 202 g/mol. The van der Waals surface area contributed by atoms with E-state index < -0.39 is 10.3 Å². The van der Waals surface area contributed by atoms with E-state index in [4.69, 9.17) is 10.4 Å². The highest BCUT2D eigenvalue weighted by molar-refractivity contribution is 7.87. The number of hydrogen-bond donors (Lipinski definition) is 2. The van der Waals surface area contributed by atoms with Crippen molar-refractivity contribution in [3.05, 3.63) is 29.8 Å². The highest BCUT2D eigenvalue weighted by Gasteiger charge is 2.14. The molecule has 0 aliphatic heterocycles. The normalized spacial score (nSPS) is 11.3. The van der Waals surface area contributed by atoms with Gasteiger partial charge < -0.3 is 0 Å². The summed E-state index contributed by atoms with van der Waals surface area (Å²) in [5, 5.41) is 0. The predicted octanol–water partition coefficient (Wildman–Crippen LogP) is 0.478. The number of rotatable bonds is 2. The third-order valence-electron chi connectivity index (χ3n) is 1.50. The summed E-state index contributed by atoms with van der Waals surface area (Å²) >= 11 is 0. The van der Waals surface area contributed by atoms with Crippen LogP contribution in [0.2, 0.25) is 0 Å². The maximum Gasteiger partial charge on any atom is 0.373 e. The van der Waals surface area contributed by atoms with Crippen LogP contribution in [0.1, 0.15) is 5.56 Å². The molecule has 0 saturated carbocycles. The topological polar surface area (TPSA) is 83.6 Å². The van der Waals surface area contributed by atoms with E-state index in [1.165, 1.54) is 6.07 Å². The number of nitrogens with two attached hydrogens (primary N) is 1. The highest BCUT2D eigenvalue weighted by atomic mass is 32.2. The maximum atomic E-state index is 10.6. The Bertz CT molecular complexity index is 402. The molecule has 0 atom stereocenters. The summed E-state index contributed by atoms with van der Waals surface area (Å²) < 4.78 is 30.1. The van der Waals surface area contributed by atoms with Gasteiger partial charge in [0.15, 0.2) is 0 Å². The van der Waals surface area contributed by atoms with Crippen molar-refractivity contribution in [1.82, 2.24) is 0 Å². The second-order valence-corrected chi connectivity index (χ2v) is 3.90. The standard InChI is InChI=1S/C7H10N2O3S/c1-6-3-2-4-7(5-6)9(8)13(10,11)12/h2-5H,8H2,1H3,(H,10,11,12). The lowest BCUT2D eigenvalue weighted by molar-refractivity contribution is 0.478. The van der Waals surface area contributed by atoms with E-state index in [-0.39, 0.29) is 5.69 Å². The molecule has 0 aromatic heterocycles. The molecule has 1 aromatic carbocycles. The van der Waals surface area contributed by atoms with Gasteiger partial charge in [-0.25, -0.2) is 5.84 Å². The summed E-state index contributed by atoms with van der Waals surface area (Å²) in [6.45, 7) is 1.79. The number of nitrogens with zero attached hydrogens (tertiary/aromatic N) is 1. The van der Waals surface area contributed by atoms with E-state index in [1.54, 1.807) is 25.1 Å². The first-order valence-corrected chi connectivity index (χ1v) is 4.90. The van der Waals surface area contributed by atoms with Crippen LogP contribution < -0.4 is 10.3 Å². The van der Waals surface area contributed by atoms with Crippen molar-refractivity contribution in [3.8, 4) is 0 Å². The molecule has 3 N–H and O–H groups in total. The van der Waals surface area contributed by atoms with Crippen LogP contribution in [0.4, 0.5) is 5.69 Å². The quantitative estimate of drug-likeness (QED) is 0.415. The van der Waals surface area contributed by atoms with Crippen LogP contribution in [0.5, 0.6) is 0 Å². The number of benzene rings is 1. The second-order valence-electron chi connectivity index (χ2n) is 2.61. The van der Waals surface area contributed by atoms with Crippen LogP contribution in [-0.2, 0) is 10.3 Å². The molecule has 13 heavy (non-hydrogen) atoms. The number of anilines is 1. The van der Waals surface area contributed by atoms with Gasteiger partial charge in [0.2, 0.25) is 0 Å². The summed E-state index contributed by atoms with van der Waals surface area (Å²) in [5.74, 6) is 5.14. The van der Waals surface area contributed by atoms with Gasteiger partial charge in [-0.05, 0) is 24.6 Å². The van der Waals surface area contributed by atoms with Crippen LogP contribution in [0.15, 0.2) is 24.3 Å². The monoisotopic (exact) mass is 202 g/mol. The van der Waals surface area contributed by atoms with Gasteiger partial charge in [-0.2, -0.15) is 12.8 Å². The number of hydrogen-bond acceptors (Lipinski definition) is 3. The molecule has 0 unspecified atom stereocenters. The van der Waals surface area contributed by atoms with Gasteiger partial charge in [0.25, 0.3) is 0 Å². The van der Waals surface area contributed by atoms with Crippen molar-refractivity contribution in [2.75, 3.05) is 4.41 Å². The van der Waals surface area contributed by atoms with Gasteiger partial charge in [-0.15, -0.1) is 0 Å². The molecule has 0 aliphatic carbocycles. The summed E-state index contributed by atoms with van der Waals surface area (Å²) in [5.41, 5.74) is 1.08. The van der Waals surface area contributed by atoms with E-state index in [0.717, 1.165) is 5.56 Å². The Labute approximate surface area is 76.6 Å². The fraction of sp³-hybridized carbons (Fsp3) is 0.143. The zero-order chi connectivity index (χ0) is 10.1. The molecule has 72 valence electrons. The summed E-state index contributed by atoms with van der Waals surface area (Å²) in [4.78, 5) is 0. The third kappa shape index (κ3) is 2.41. The lowest BCUT2D eigenvalue weighted by Gasteiger charge is -2.14. The first-order chi connectivity index (χ1) is 5.91. The van der Waals surface area contributed by atoms with Gasteiger partial charge in [0.05, 0.1) is 5.69 Å². The van der Waals surface area contributed by atoms with E-state index in [1.807, 2.05) is 0 Å². The van der Waals surface area contributed by atoms with Crippen LogP contribution >= 0.6 is 0 Å². The maximum absolute atomic E-state index is 10.6. The van der Waals surface area contributed by atoms with Crippen LogP contribution in [0.3, 0.4) is 0 Å². The van der Waals surface area contributed by atoms with E-state index >= 15 is 0 Å². The average Bonchev–Trinajstić information content (AvgIpc) is 2.01. The van der Waals surface area contributed by atoms with Gasteiger partial charge in [0.1, 0.15) is 0 Å². The SMILES string of the molecule is Cc1cccc(N(N)S(=O)(=O)O)c1.